The number of Topliss-reactive ketones (excluding diaryl/α,β-unsaturated/α-hetero) is 1. The molecule has 1 fully saturated rings. The van der Waals surface area contributed by atoms with Gasteiger partial charge in [-0.2, -0.15) is 0 Å². The molecule has 2 N–H and O–H groups in total. The molecule has 0 spiro atoms. The number of aliphatic hydroxyl groups excluding tert-OH is 1. The van der Waals surface area contributed by atoms with Gasteiger partial charge < -0.3 is 19.6 Å². The van der Waals surface area contributed by atoms with Crippen LogP contribution in [-0.4, -0.2) is 28.8 Å². The number of hydrogen-bond donors (Lipinski definition) is 2. The molecular weight excluding hydrogens is 436 g/mol. The van der Waals surface area contributed by atoms with Gasteiger partial charge in [0.15, 0.2) is 0 Å². The molecule has 1 aromatic heterocycles. The van der Waals surface area contributed by atoms with Gasteiger partial charge >= 0.3 is 0 Å². The number of ketones is 1. The van der Waals surface area contributed by atoms with Gasteiger partial charge in [-0.15, -0.1) is 0 Å². The number of nitrogens with zero attached hydrogens (tertiary/aromatic N) is 1. The van der Waals surface area contributed by atoms with Crippen molar-refractivity contribution in [2.24, 2.45) is 0 Å². The van der Waals surface area contributed by atoms with Gasteiger partial charge in [-0.05, 0) is 56.3 Å². The lowest BCUT2D eigenvalue weighted by Gasteiger charge is -2.24. The molecular formula is C26H24N2O6. The van der Waals surface area contributed by atoms with Crippen LogP contribution in [-0.2, 0) is 14.4 Å². The van der Waals surface area contributed by atoms with Crippen molar-refractivity contribution in [3.05, 3.63) is 83.8 Å². The normalized spacial score (nSPS) is 17.3. The Bertz CT molecular complexity index is 1280. The fourth-order valence-electron chi connectivity index (χ4n) is 3.90. The summed E-state index contributed by atoms with van der Waals surface area (Å²) in [5.41, 5.74) is 1.06. The van der Waals surface area contributed by atoms with Gasteiger partial charge in [-0.25, -0.2) is 0 Å². The van der Waals surface area contributed by atoms with Crippen LogP contribution >= 0.6 is 0 Å². The molecule has 0 aliphatic carbocycles. The summed E-state index contributed by atoms with van der Waals surface area (Å²) in [5, 5.41) is 13.9. The van der Waals surface area contributed by atoms with Gasteiger partial charge in [0.1, 0.15) is 23.3 Å². The molecule has 0 saturated carbocycles. The first kappa shape index (κ1) is 22.8. The van der Waals surface area contributed by atoms with Crippen LogP contribution in [0.4, 0.5) is 11.4 Å². The van der Waals surface area contributed by atoms with E-state index in [-0.39, 0.29) is 23.3 Å². The number of aliphatic hydroxyl groups is 1. The zero-order valence-electron chi connectivity index (χ0n) is 18.9. The molecule has 1 unspecified atom stereocenters. The van der Waals surface area contributed by atoms with E-state index in [0.717, 1.165) is 0 Å². The van der Waals surface area contributed by atoms with Crippen LogP contribution in [0.2, 0.25) is 0 Å². The lowest BCUT2D eigenvalue weighted by molar-refractivity contribution is -0.132. The summed E-state index contributed by atoms with van der Waals surface area (Å²) < 4.78 is 11.3. The lowest BCUT2D eigenvalue weighted by Crippen LogP contribution is -2.29. The largest absolute Gasteiger partial charge is 0.507 e. The minimum Gasteiger partial charge on any atom is -0.507 e. The number of hydrogen-bond acceptors (Lipinski definition) is 6. The second-order valence-electron chi connectivity index (χ2n) is 8.11. The monoisotopic (exact) mass is 460 g/mol. The molecule has 2 amide bonds. The Morgan fingerprint density at radius 3 is 2.53 bits per heavy atom. The van der Waals surface area contributed by atoms with Crippen molar-refractivity contribution in [3.8, 4) is 5.75 Å². The maximum absolute atomic E-state index is 13.2. The average molecular weight is 460 g/mol. The zero-order chi connectivity index (χ0) is 24.4. The van der Waals surface area contributed by atoms with Crippen molar-refractivity contribution in [1.29, 1.82) is 0 Å². The fourth-order valence-corrected chi connectivity index (χ4v) is 3.90. The predicted octanol–water partition coefficient (Wildman–Crippen LogP) is 4.65. The maximum atomic E-state index is 13.2. The number of benzene rings is 2. The quantitative estimate of drug-likeness (QED) is 0.315. The smallest absolute Gasteiger partial charge is 0.300 e. The predicted molar refractivity (Wildman–Crippen MR) is 126 cm³/mol. The number of carbonyl (C=O) groups excluding carboxylic acids is 3. The first-order valence-electron chi connectivity index (χ1n) is 10.8. The molecule has 8 heteroatoms. The average Bonchev–Trinajstić information content (AvgIpc) is 3.40. The molecule has 174 valence electrons. The molecule has 0 bridgehead atoms. The van der Waals surface area contributed by atoms with E-state index in [1.165, 1.54) is 18.1 Å². The minimum atomic E-state index is -1.00. The van der Waals surface area contributed by atoms with Crippen LogP contribution in [0.15, 0.2) is 76.9 Å². The Labute approximate surface area is 196 Å². The molecule has 1 aliphatic rings. The molecule has 8 nitrogen and oxygen atoms in total. The van der Waals surface area contributed by atoms with E-state index in [1.807, 2.05) is 13.8 Å². The number of rotatable bonds is 6. The summed E-state index contributed by atoms with van der Waals surface area (Å²) in [6, 6.07) is 15.5. The number of carbonyl (C=O) groups is 3. The van der Waals surface area contributed by atoms with Crippen molar-refractivity contribution >= 4 is 34.7 Å². The van der Waals surface area contributed by atoms with Crippen LogP contribution in [0.1, 0.15) is 38.1 Å². The summed E-state index contributed by atoms with van der Waals surface area (Å²) in [6.45, 7) is 5.13. The third kappa shape index (κ3) is 4.43. The Morgan fingerprint density at radius 1 is 1.09 bits per heavy atom. The Balaban J connectivity index is 1.85. The van der Waals surface area contributed by atoms with E-state index in [4.69, 9.17) is 9.15 Å². The molecule has 4 rings (SSSR count). The van der Waals surface area contributed by atoms with Crippen molar-refractivity contribution in [3.63, 3.8) is 0 Å². The van der Waals surface area contributed by atoms with Gasteiger partial charge in [-0.3, -0.25) is 19.3 Å². The van der Waals surface area contributed by atoms with Crippen LogP contribution in [0.3, 0.4) is 0 Å². The summed E-state index contributed by atoms with van der Waals surface area (Å²) in [4.78, 5) is 39.1. The van der Waals surface area contributed by atoms with Gasteiger partial charge in [0.25, 0.3) is 11.7 Å². The maximum Gasteiger partial charge on any atom is 0.300 e. The Kier molecular flexibility index (Phi) is 6.23. The molecule has 0 radical (unpaired) electrons. The highest BCUT2D eigenvalue weighted by Crippen LogP contribution is 2.43. The molecule has 1 saturated heterocycles. The molecule has 2 aromatic carbocycles. The topological polar surface area (TPSA) is 109 Å². The van der Waals surface area contributed by atoms with Gasteiger partial charge in [0, 0.05) is 23.9 Å². The summed E-state index contributed by atoms with van der Waals surface area (Å²) in [5.74, 6) is -1.46. The number of anilines is 2. The van der Waals surface area contributed by atoms with Crippen molar-refractivity contribution in [2.75, 3.05) is 10.2 Å². The standard InChI is InChI=1S/C26H24N2O6/c1-15(2)34-20-10-4-7-17(13-20)24(30)22-23(21-11-6-12-33-21)28(26(32)25(22)31)19-9-5-8-18(14-19)27-16(3)29/h4-15,23,30H,1-3H3,(H,27,29)/b24-22-. The van der Waals surface area contributed by atoms with E-state index in [0.29, 0.717) is 28.4 Å². The number of ether oxygens (including phenoxy) is 1. The van der Waals surface area contributed by atoms with Gasteiger partial charge in [0.05, 0.1) is 17.9 Å². The van der Waals surface area contributed by atoms with E-state index in [1.54, 1.807) is 60.7 Å². The van der Waals surface area contributed by atoms with E-state index in [9.17, 15) is 19.5 Å². The Morgan fingerprint density at radius 2 is 1.85 bits per heavy atom. The second kappa shape index (κ2) is 9.27. The first-order valence-corrected chi connectivity index (χ1v) is 10.8. The van der Waals surface area contributed by atoms with E-state index >= 15 is 0 Å². The van der Waals surface area contributed by atoms with Crippen LogP contribution in [0, 0.1) is 0 Å². The lowest BCUT2D eigenvalue weighted by atomic mass is 9.99. The molecule has 34 heavy (non-hydrogen) atoms. The van der Waals surface area contributed by atoms with E-state index < -0.39 is 17.7 Å². The highest BCUT2D eigenvalue weighted by atomic mass is 16.5. The van der Waals surface area contributed by atoms with Crippen LogP contribution in [0.5, 0.6) is 5.75 Å². The molecule has 3 aromatic rings. The number of amides is 2. The third-order valence-corrected chi connectivity index (χ3v) is 5.18. The minimum absolute atomic E-state index is 0.0815. The Hall–Kier alpha value is -4.33. The van der Waals surface area contributed by atoms with Gasteiger partial charge in [0.2, 0.25) is 5.91 Å². The number of nitrogens with one attached hydrogen (secondary N) is 1. The van der Waals surface area contributed by atoms with E-state index in [2.05, 4.69) is 5.32 Å². The fraction of sp³-hybridized carbons (Fsp3) is 0.192. The summed E-state index contributed by atoms with van der Waals surface area (Å²) in [6.07, 6.45) is 1.35. The van der Waals surface area contributed by atoms with Crippen LogP contribution in [0.25, 0.3) is 5.76 Å². The summed E-state index contributed by atoms with van der Waals surface area (Å²) >= 11 is 0. The first-order chi connectivity index (χ1) is 16.3. The van der Waals surface area contributed by atoms with Crippen molar-refractivity contribution in [2.45, 2.75) is 32.9 Å². The zero-order valence-corrected chi connectivity index (χ0v) is 18.9. The third-order valence-electron chi connectivity index (χ3n) is 5.18. The highest BCUT2D eigenvalue weighted by molar-refractivity contribution is 6.51. The molecule has 1 atom stereocenters. The summed E-state index contributed by atoms with van der Waals surface area (Å²) in [7, 11) is 0. The second-order valence-corrected chi connectivity index (χ2v) is 8.11. The van der Waals surface area contributed by atoms with Gasteiger partial charge in [-0.1, -0.05) is 18.2 Å². The van der Waals surface area contributed by atoms with Crippen LogP contribution < -0.4 is 15.0 Å². The SMILES string of the molecule is CC(=O)Nc1cccc(N2C(=O)C(=O)/C(=C(\O)c3cccc(OC(C)C)c3)C2c2ccco2)c1. The molecule has 1 aliphatic heterocycles. The van der Waals surface area contributed by atoms with Crippen molar-refractivity contribution in [1.82, 2.24) is 0 Å². The highest BCUT2D eigenvalue weighted by Gasteiger charge is 2.48. The number of furan rings is 1. The molecule has 2 heterocycles. The van der Waals surface area contributed by atoms with Crippen molar-refractivity contribution < 1.29 is 28.6 Å².